The number of nitrogens with one attached hydrogen (secondary N) is 1. The number of fused-ring (bicyclic) bond motifs is 2. The zero-order valence-electron chi connectivity index (χ0n) is 19.1. The predicted molar refractivity (Wildman–Crippen MR) is 120 cm³/mol. The van der Waals surface area contributed by atoms with E-state index >= 15 is 0 Å². The number of amides is 3. The monoisotopic (exact) mass is 443 g/mol. The number of anilines is 1. The van der Waals surface area contributed by atoms with Crippen molar-refractivity contribution in [2.45, 2.75) is 63.2 Å². The summed E-state index contributed by atoms with van der Waals surface area (Å²) in [6, 6.07) is 5.10. The standard InChI is InChI=1S/C24H33N3O5/c1-26(2)22(28)13-17-9-10-19-21(32-17)14-31-20-11-8-16(12-18(20)24(30)27(19)3)25-23(29)15-6-4-5-7-15/h8,11-12,15,17,19,21H,4-7,9-10,13-14H2,1-3H3,(H,25,29)/t17-,19+,21-/m1/s1. The van der Waals surface area contributed by atoms with Gasteiger partial charge in [0, 0.05) is 32.7 Å². The van der Waals surface area contributed by atoms with Crippen LogP contribution in [0, 0.1) is 5.92 Å². The lowest BCUT2D eigenvalue weighted by atomic mass is 9.94. The van der Waals surface area contributed by atoms with E-state index in [0.29, 0.717) is 36.4 Å². The van der Waals surface area contributed by atoms with Crippen molar-refractivity contribution in [3.05, 3.63) is 23.8 Å². The first-order valence-corrected chi connectivity index (χ1v) is 11.5. The maximum absolute atomic E-state index is 13.3. The van der Waals surface area contributed by atoms with Gasteiger partial charge in [0.15, 0.2) is 0 Å². The molecule has 1 saturated carbocycles. The molecular formula is C24H33N3O5. The first kappa shape index (κ1) is 22.6. The van der Waals surface area contributed by atoms with Crippen LogP contribution in [0.25, 0.3) is 0 Å². The van der Waals surface area contributed by atoms with Crippen LogP contribution in [0.1, 0.15) is 55.3 Å². The van der Waals surface area contributed by atoms with Crippen molar-refractivity contribution in [3.8, 4) is 5.75 Å². The van der Waals surface area contributed by atoms with Gasteiger partial charge in [0.25, 0.3) is 5.91 Å². The van der Waals surface area contributed by atoms with Crippen LogP contribution in [0.2, 0.25) is 0 Å². The summed E-state index contributed by atoms with van der Waals surface area (Å²) in [7, 11) is 5.26. The molecule has 2 fully saturated rings. The molecule has 174 valence electrons. The van der Waals surface area contributed by atoms with Gasteiger partial charge >= 0.3 is 0 Å². The van der Waals surface area contributed by atoms with Gasteiger partial charge in [-0.05, 0) is 43.9 Å². The molecule has 1 saturated heterocycles. The molecule has 2 heterocycles. The van der Waals surface area contributed by atoms with Gasteiger partial charge in [-0.25, -0.2) is 0 Å². The smallest absolute Gasteiger partial charge is 0.257 e. The normalized spacial score (nSPS) is 25.8. The van der Waals surface area contributed by atoms with Crippen molar-refractivity contribution in [3.63, 3.8) is 0 Å². The second-order valence-corrected chi connectivity index (χ2v) is 9.34. The summed E-state index contributed by atoms with van der Waals surface area (Å²) in [6.45, 7) is 0.301. The number of hydrogen-bond donors (Lipinski definition) is 1. The molecular weight excluding hydrogens is 410 g/mol. The van der Waals surface area contributed by atoms with Gasteiger partial charge in [-0.1, -0.05) is 12.8 Å². The van der Waals surface area contributed by atoms with Crippen LogP contribution in [-0.2, 0) is 14.3 Å². The first-order chi connectivity index (χ1) is 15.3. The van der Waals surface area contributed by atoms with E-state index in [0.717, 1.165) is 32.1 Å². The highest BCUT2D eigenvalue weighted by Crippen LogP contribution is 2.33. The average molecular weight is 444 g/mol. The summed E-state index contributed by atoms with van der Waals surface area (Å²) in [6.07, 6.45) is 5.34. The summed E-state index contributed by atoms with van der Waals surface area (Å²) in [5.74, 6) is 0.433. The molecule has 1 N–H and O–H groups in total. The maximum atomic E-state index is 13.3. The van der Waals surface area contributed by atoms with Gasteiger partial charge in [0.2, 0.25) is 11.8 Å². The van der Waals surface area contributed by atoms with E-state index in [4.69, 9.17) is 9.47 Å². The molecule has 0 spiro atoms. The molecule has 3 atom stereocenters. The van der Waals surface area contributed by atoms with E-state index in [1.54, 1.807) is 49.1 Å². The average Bonchev–Trinajstić information content (AvgIpc) is 3.32. The molecule has 0 aromatic heterocycles. The van der Waals surface area contributed by atoms with E-state index in [1.807, 2.05) is 0 Å². The van der Waals surface area contributed by atoms with Crippen molar-refractivity contribution in [2.75, 3.05) is 33.1 Å². The third-order valence-electron chi connectivity index (χ3n) is 6.91. The van der Waals surface area contributed by atoms with Crippen molar-refractivity contribution in [1.29, 1.82) is 0 Å². The lowest BCUT2D eigenvalue weighted by Gasteiger charge is -2.42. The first-order valence-electron chi connectivity index (χ1n) is 11.5. The summed E-state index contributed by atoms with van der Waals surface area (Å²) in [5.41, 5.74) is 1.06. The number of ether oxygens (including phenoxy) is 2. The Morgan fingerprint density at radius 1 is 1.16 bits per heavy atom. The Bertz CT molecular complexity index is 880. The summed E-state index contributed by atoms with van der Waals surface area (Å²) < 4.78 is 12.2. The number of rotatable bonds is 4. The largest absolute Gasteiger partial charge is 0.490 e. The molecule has 8 nitrogen and oxygen atoms in total. The number of likely N-dealkylation sites (N-methyl/N-ethyl adjacent to an activating group) is 1. The van der Waals surface area contributed by atoms with Crippen molar-refractivity contribution in [1.82, 2.24) is 9.80 Å². The summed E-state index contributed by atoms with van der Waals surface area (Å²) in [5, 5.41) is 2.97. The molecule has 0 radical (unpaired) electrons. The van der Waals surface area contributed by atoms with Gasteiger partial charge in [-0.2, -0.15) is 0 Å². The Kier molecular flexibility index (Phi) is 6.69. The van der Waals surface area contributed by atoms with Crippen molar-refractivity contribution >= 4 is 23.4 Å². The molecule has 0 bridgehead atoms. The predicted octanol–water partition coefficient (Wildman–Crippen LogP) is 2.67. The Labute approximate surface area is 189 Å². The zero-order chi connectivity index (χ0) is 22.8. The second-order valence-electron chi connectivity index (χ2n) is 9.34. The Hall–Kier alpha value is -2.61. The fourth-order valence-electron chi connectivity index (χ4n) is 4.91. The summed E-state index contributed by atoms with van der Waals surface area (Å²) >= 11 is 0. The Morgan fingerprint density at radius 3 is 2.62 bits per heavy atom. The summed E-state index contributed by atoms with van der Waals surface area (Å²) in [4.78, 5) is 41.2. The van der Waals surface area contributed by atoms with Crippen LogP contribution < -0.4 is 10.1 Å². The molecule has 2 aliphatic heterocycles. The number of carbonyl (C=O) groups is 3. The fraction of sp³-hybridized carbons (Fsp3) is 0.625. The van der Waals surface area contributed by atoms with Crippen LogP contribution in [0.15, 0.2) is 18.2 Å². The van der Waals surface area contributed by atoms with Crippen LogP contribution >= 0.6 is 0 Å². The Balaban J connectivity index is 1.48. The van der Waals surface area contributed by atoms with Gasteiger partial charge < -0.3 is 24.6 Å². The quantitative estimate of drug-likeness (QED) is 0.773. The molecule has 1 aromatic rings. The molecule has 1 aromatic carbocycles. The molecule has 0 unspecified atom stereocenters. The molecule has 1 aliphatic carbocycles. The third-order valence-corrected chi connectivity index (χ3v) is 6.91. The fourth-order valence-corrected chi connectivity index (χ4v) is 4.91. The molecule has 3 amide bonds. The van der Waals surface area contributed by atoms with E-state index < -0.39 is 0 Å². The highest BCUT2D eigenvalue weighted by atomic mass is 16.5. The Morgan fingerprint density at radius 2 is 1.91 bits per heavy atom. The van der Waals surface area contributed by atoms with Gasteiger partial charge in [-0.15, -0.1) is 0 Å². The van der Waals surface area contributed by atoms with Crippen LogP contribution in [0.4, 0.5) is 5.69 Å². The van der Waals surface area contributed by atoms with Crippen molar-refractivity contribution in [2.24, 2.45) is 5.92 Å². The second kappa shape index (κ2) is 9.48. The van der Waals surface area contributed by atoms with Gasteiger partial charge in [0.05, 0.1) is 24.1 Å². The van der Waals surface area contributed by atoms with E-state index in [1.165, 1.54) is 0 Å². The zero-order valence-corrected chi connectivity index (χ0v) is 19.1. The minimum absolute atomic E-state index is 0.0223. The maximum Gasteiger partial charge on any atom is 0.257 e. The molecule has 3 aliphatic rings. The lowest BCUT2D eigenvalue weighted by Crippen LogP contribution is -2.53. The number of carbonyl (C=O) groups excluding carboxylic acids is 3. The van der Waals surface area contributed by atoms with E-state index in [-0.39, 0.29) is 41.9 Å². The van der Waals surface area contributed by atoms with Gasteiger partial charge in [-0.3, -0.25) is 14.4 Å². The topological polar surface area (TPSA) is 88.2 Å². The van der Waals surface area contributed by atoms with Crippen LogP contribution in [0.3, 0.4) is 0 Å². The third kappa shape index (κ3) is 4.75. The SMILES string of the molecule is CN(C)C(=O)C[C@H]1CC[C@H]2[C@@H](COc3ccc(NC(=O)C4CCCC4)cc3C(=O)N2C)O1. The molecule has 4 rings (SSSR count). The van der Waals surface area contributed by atoms with Crippen LogP contribution in [-0.4, -0.2) is 73.5 Å². The van der Waals surface area contributed by atoms with E-state index in [2.05, 4.69) is 5.32 Å². The van der Waals surface area contributed by atoms with Crippen LogP contribution in [0.5, 0.6) is 5.75 Å². The minimum atomic E-state index is -0.299. The van der Waals surface area contributed by atoms with Gasteiger partial charge in [0.1, 0.15) is 18.5 Å². The minimum Gasteiger partial charge on any atom is -0.490 e. The van der Waals surface area contributed by atoms with Crippen molar-refractivity contribution < 1.29 is 23.9 Å². The highest BCUT2D eigenvalue weighted by Gasteiger charge is 2.39. The molecule has 32 heavy (non-hydrogen) atoms. The highest BCUT2D eigenvalue weighted by molar-refractivity contribution is 6.00. The number of nitrogens with zero attached hydrogens (tertiary/aromatic N) is 2. The number of hydrogen-bond acceptors (Lipinski definition) is 5. The lowest BCUT2D eigenvalue weighted by molar-refractivity contribution is -0.140. The molecule has 8 heteroatoms. The number of benzene rings is 1. The van der Waals surface area contributed by atoms with E-state index in [9.17, 15) is 14.4 Å².